The number of carbonyl (C=O) groups is 2. The molecule has 0 aromatic heterocycles. The molecule has 0 radical (unpaired) electrons. The number of carbonyl (C=O) groups excluding carboxylic acids is 2. The molecular weight excluding hydrogens is 334 g/mol. The first-order valence-electron chi connectivity index (χ1n) is 8.91. The molecule has 8 heteroatoms. The van der Waals surface area contributed by atoms with Gasteiger partial charge in [-0.3, -0.25) is 20.4 Å². The number of hydrogen-bond acceptors (Lipinski definition) is 6. The molecule has 3 amide bonds. The maximum absolute atomic E-state index is 12.0. The van der Waals surface area contributed by atoms with Gasteiger partial charge in [0.15, 0.2) is 0 Å². The summed E-state index contributed by atoms with van der Waals surface area (Å²) in [5.41, 5.74) is 2.44. The number of anilines is 2. The van der Waals surface area contributed by atoms with E-state index in [0.717, 1.165) is 37.3 Å². The number of piperidine rings is 1. The first-order valence-corrected chi connectivity index (χ1v) is 8.91. The van der Waals surface area contributed by atoms with E-state index >= 15 is 0 Å². The van der Waals surface area contributed by atoms with E-state index in [1.54, 1.807) is 7.05 Å². The maximum Gasteiger partial charge on any atom is 0.329 e. The predicted molar refractivity (Wildman–Crippen MR) is 99.7 cm³/mol. The van der Waals surface area contributed by atoms with Gasteiger partial charge < -0.3 is 15.3 Å². The molecule has 2 aliphatic heterocycles. The molecule has 0 spiro atoms. The molecule has 1 aromatic carbocycles. The molecule has 4 N–H and O–H groups in total. The summed E-state index contributed by atoms with van der Waals surface area (Å²) in [5.74, 6) is 0.141. The molecule has 0 unspecified atom stereocenters. The van der Waals surface area contributed by atoms with Gasteiger partial charge in [0.25, 0.3) is 0 Å². The summed E-state index contributed by atoms with van der Waals surface area (Å²) in [6.07, 6.45) is 2.12. The molecule has 8 nitrogen and oxygen atoms in total. The summed E-state index contributed by atoms with van der Waals surface area (Å²) < 4.78 is 0. The third-order valence-electron chi connectivity index (χ3n) is 5.09. The Labute approximate surface area is 152 Å². The van der Waals surface area contributed by atoms with E-state index in [2.05, 4.69) is 15.5 Å². The van der Waals surface area contributed by atoms with Crippen LogP contribution in [0.4, 0.5) is 16.2 Å². The van der Waals surface area contributed by atoms with Crippen LogP contribution in [0.3, 0.4) is 0 Å². The smallest absolute Gasteiger partial charge is 0.329 e. The Morgan fingerprint density at radius 2 is 2.04 bits per heavy atom. The second kappa shape index (κ2) is 7.74. The number of urea groups is 1. The van der Waals surface area contributed by atoms with Crippen molar-refractivity contribution in [2.75, 3.05) is 43.5 Å². The number of amides is 3. The fourth-order valence-electron chi connectivity index (χ4n) is 3.44. The minimum atomic E-state index is -0.552. The van der Waals surface area contributed by atoms with Crippen molar-refractivity contribution in [1.29, 1.82) is 5.41 Å². The number of hydrogen-bond donors (Lipinski definition) is 4. The Hall–Kier alpha value is -2.61. The quantitative estimate of drug-likeness (QED) is 0.477. The second-order valence-electron chi connectivity index (χ2n) is 6.70. The van der Waals surface area contributed by atoms with Gasteiger partial charge in [-0.05, 0) is 37.0 Å². The summed E-state index contributed by atoms with van der Waals surface area (Å²) in [7, 11) is 1.79. The third kappa shape index (κ3) is 3.65. The Morgan fingerprint density at radius 3 is 2.65 bits per heavy atom. The molecule has 0 saturated carbocycles. The molecule has 2 fully saturated rings. The van der Waals surface area contributed by atoms with E-state index in [0.29, 0.717) is 11.5 Å². The molecule has 2 heterocycles. The van der Waals surface area contributed by atoms with Crippen molar-refractivity contribution in [3.8, 4) is 0 Å². The van der Waals surface area contributed by atoms with Crippen LogP contribution in [-0.4, -0.2) is 61.1 Å². The standard InChI is InChI=1S/C18H25N5O3/c1-20-15-10-13(22-7-4-12(11-24)5-8-22)2-3-14(15)17(19)23-9-6-16(25)21-18(23)26/h2-3,10,12,19-20,24H,4-9,11H2,1H3,(H,21,25,26). The van der Waals surface area contributed by atoms with Gasteiger partial charge in [0, 0.05) is 56.6 Å². The van der Waals surface area contributed by atoms with Gasteiger partial charge in [0.1, 0.15) is 5.84 Å². The molecule has 1 aromatic rings. The van der Waals surface area contributed by atoms with Gasteiger partial charge in [-0.2, -0.15) is 0 Å². The number of amidine groups is 1. The van der Waals surface area contributed by atoms with Crippen LogP contribution < -0.4 is 15.5 Å². The topological polar surface area (TPSA) is 109 Å². The fourth-order valence-corrected chi connectivity index (χ4v) is 3.44. The van der Waals surface area contributed by atoms with Crippen LogP contribution in [0.25, 0.3) is 0 Å². The lowest BCUT2D eigenvalue weighted by molar-refractivity contribution is -0.121. The Bertz CT molecular complexity index is 713. The first kappa shape index (κ1) is 18.2. The van der Waals surface area contributed by atoms with E-state index in [9.17, 15) is 14.7 Å². The zero-order valence-corrected chi connectivity index (χ0v) is 14.9. The minimum Gasteiger partial charge on any atom is -0.396 e. The largest absolute Gasteiger partial charge is 0.396 e. The molecule has 0 aliphatic carbocycles. The Morgan fingerprint density at radius 1 is 1.31 bits per heavy atom. The number of nitrogens with zero attached hydrogens (tertiary/aromatic N) is 2. The molecule has 26 heavy (non-hydrogen) atoms. The normalized spacial score (nSPS) is 18.7. The zero-order chi connectivity index (χ0) is 18.7. The average molecular weight is 359 g/mol. The number of aliphatic hydroxyl groups excluding tert-OH is 1. The van der Waals surface area contributed by atoms with E-state index in [4.69, 9.17) is 5.41 Å². The van der Waals surface area contributed by atoms with Gasteiger partial charge >= 0.3 is 6.03 Å². The highest BCUT2D eigenvalue weighted by Crippen LogP contribution is 2.28. The Balaban J connectivity index is 1.77. The summed E-state index contributed by atoms with van der Waals surface area (Å²) in [6, 6.07) is 5.22. The lowest BCUT2D eigenvalue weighted by Crippen LogP contribution is -2.52. The second-order valence-corrected chi connectivity index (χ2v) is 6.70. The number of aliphatic hydroxyl groups is 1. The lowest BCUT2D eigenvalue weighted by atomic mass is 9.97. The molecule has 3 rings (SSSR count). The SMILES string of the molecule is CNc1cc(N2CCC(CO)CC2)ccc1C(=N)N1CCC(=O)NC1=O. The van der Waals surface area contributed by atoms with Crippen LogP contribution in [-0.2, 0) is 4.79 Å². The van der Waals surface area contributed by atoms with Crippen LogP contribution in [0.5, 0.6) is 0 Å². The van der Waals surface area contributed by atoms with E-state index in [1.807, 2.05) is 18.2 Å². The van der Waals surface area contributed by atoms with Crippen molar-refractivity contribution in [1.82, 2.24) is 10.2 Å². The van der Waals surface area contributed by atoms with Gasteiger partial charge in [-0.1, -0.05) is 0 Å². The summed E-state index contributed by atoms with van der Waals surface area (Å²) in [5, 5.41) is 23.0. The van der Waals surface area contributed by atoms with E-state index in [1.165, 1.54) is 4.90 Å². The van der Waals surface area contributed by atoms with Crippen LogP contribution in [0.1, 0.15) is 24.8 Å². The fraction of sp³-hybridized carbons (Fsp3) is 0.500. The van der Waals surface area contributed by atoms with Gasteiger partial charge in [-0.25, -0.2) is 4.79 Å². The third-order valence-corrected chi connectivity index (χ3v) is 5.09. The molecule has 2 saturated heterocycles. The molecule has 140 valence electrons. The summed E-state index contributed by atoms with van der Waals surface area (Å²) in [6.45, 7) is 2.23. The average Bonchev–Trinajstić information content (AvgIpc) is 2.67. The maximum atomic E-state index is 12.0. The lowest BCUT2D eigenvalue weighted by Gasteiger charge is -2.33. The molecule has 0 atom stereocenters. The number of nitrogens with one attached hydrogen (secondary N) is 3. The summed E-state index contributed by atoms with van der Waals surface area (Å²) in [4.78, 5) is 26.9. The van der Waals surface area contributed by atoms with Crippen molar-refractivity contribution >= 4 is 29.1 Å². The Kier molecular flexibility index (Phi) is 5.41. The van der Waals surface area contributed by atoms with Gasteiger partial charge in [0.2, 0.25) is 5.91 Å². The molecule has 0 bridgehead atoms. The summed E-state index contributed by atoms with van der Waals surface area (Å²) >= 11 is 0. The van der Waals surface area contributed by atoms with E-state index < -0.39 is 6.03 Å². The van der Waals surface area contributed by atoms with Crippen LogP contribution >= 0.6 is 0 Å². The van der Waals surface area contributed by atoms with Gasteiger partial charge in [0.05, 0.1) is 0 Å². The van der Waals surface area contributed by atoms with Crippen molar-refractivity contribution in [2.45, 2.75) is 19.3 Å². The van der Waals surface area contributed by atoms with Crippen LogP contribution in [0.2, 0.25) is 0 Å². The van der Waals surface area contributed by atoms with Gasteiger partial charge in [-0.15, -0.1) is 0 Å². The molecule has 2 aliphatic rings. The highest BCUT2D eigenvalue weighted by molar-refractivity contribution is 6.12. The molecular formula is C18H25N5O3. The van der Waals surface area contributed by atoms with Crippen LogP contribution in [0.15, 0.2) is 18.2 Å². The van der Waals surface area contributed by atoms with Crippen molar-refractivity contribution in [3.05, 3.63) is 23.8 Å². The minimum absolute atomic E-state index is 0.0740. The highest BCUT2D eigenvalue weighted by atomic mass is 16.3. The monoisotopic (exact) mass is 359 g/mol. The number of benzene rings is 1. The van der Waals surface area contributed by atoms with Crippen molar-refractivity contribution in [3.63, 3.8) is 0 Å². The number of rotatable bonds is 4. The number of imide groups is 1. The zero-order valence-electron chi connectivity index (χ0n) is 14.9. The van der Waals surface area contributed by atoms with Crippen LogP contribution in [0, 0.1) is 11.3 Å². The van der Waals surface area contributed by atoms with E-state index in [-0.39, 0.29) is 31.3 Å². The predicted octanol–water partition coefficient (Wildman–Crippen LogP) is 1.20. The first-order chi connectivity index (χ1) is 12.5. The van der Waals surface area contributed by atoms with Crippen molar-refractivity contribution in [2.24, 2.45) is 5.92 Å². The van der Waals surface area contributed by atoms with Crippen molar-refractivity contribution < 1.29 is 14.7 Å². The highest BCUT2D eigenvalue weighted by Gasteiger charge is 2.28.